The zero-order valence-corrected chi connectivity index (χ0v) is 9.61. The van der Waals surface area contributed by atoms with Crippen molar-refractivity contribution in [3.8, 4) is 0 Å². The number of nitrogens with one attached hydrogen (secondary N) is 2. The topological polar surface area (TPSA) is 62.2 Å². The van der Waals surface area contributed by atoms with Gasteiger partial charge in [0.2, 0.25) is 5.91 Å². The minimum atomic E-state index is -0.111. The summed E-state index contributed by atoms with van der Waals surface area (Å²) < 4.78 is 1.69. The highest BCUT2D eigenvalue weighted by Crippen LogP contribution is 2.24. The number of rotatable bonds is 2. The van der Waals surface area contributed by atoms with E-state index in [0.29, 0.717) is 5.82 Å². The Morgan fingerprint density at radius 2 is 2.31 bits per heavy atom. The standard InChI is InChI=1S/C10H15N5O/c1-7(16)12-10-9(6-15(3)13-10)8-4-11-14(2)5-8/h5-6,11H,4H2,1-3H3,(H,12,13,16). The van der Waals surface area contributed by atoms with E-state index in [-0.39, 0.29) is 5.91 Å². The Bertz CT molecular complexity index is 448. The van der Waals surface area contributed by atoms with Gasteiger partial charge < -0.3 is 10.3 Å². The van der Waals surface area contributed by atoms with Crippen molar-refractivity contribution in [3.63, 3.8) is 0 Å². The van der Waals surface area contributed by atoms with Gasteiger partial charge in [-0.1, -0.05) is 0 Å². The maximum atomic E-state index is 11.0. The van der Waals surface area contributed by atoms with E-state index >= 15 is 0 Å². The molecular formula is C10H15N5O. The molecule has 0 bridgehead atoms. The molecule has 1 aliphatic heterocycles. The van der Waals surface area contributed by atoms with Crippen molar-refractivity contribution >= 4 is 17.3 Å². The van der Waals surface area contributed by atoms with Crippen molar-refractivity contribution in [1.29, 1.82) is 0 Å². The Kier molecular flexibility index (Phi) is 2.66. The van der Waals surface area contributed by atoms with Gasteiger partial charge in [0.15, 0.2) is 5.82 Å². The lowest BCUT2D eigenvalue weighted by atomic mass is 10.1. The average Bonchev–Trinajstić information content (AvgIpc) is 2.72. The highest BCUT2D eigenvalue weighted by atomic mass is 16.1. The van der Waals surface area contributed by atoms with Gasteiger partial charge in [0.25, 0.3) is 0 Å². The summed E-state index contributed by atoms with van der Waals surface area (Å²) in [5.74, 6) is 0.498. The number of hydrogen-bond acceptors (Lipinski definition) is 4. The van der Waals surface area contributed by atoms with Gasteiger partial charge >= 0.3 is 0 Å². The molecule has 2 heterocycles. The summed E-state index contributed by atoms with van der Waals surface area (Å²) in [5, 5.41) is 8.83. The summed E-state index contributed by atoms with van der Waals surface area (Å²) in [7, 11) is 3.77. The fourth-order valence-electron chi connectivity index (χ4n) is 1.68. The van der Waals surface area contributed by atoms with Gasteiger partial charge in [0.1, 0.15) is 0 Å². The van der Waals surface area contributed by atoms with E-state index in [9.17, 15) is 4.79 Å². The Balaban J connectivity index is 2.32. The number of hydrogen-bond donors (Lipinski definition) is 2. The summed E-state index contributed by atoms with van der Waals surface area (Å²) >= 11 is 0. The third-order valence-corrected chi connectivity index (χ3v) is 2.34. The van der Waals surface area contributed by atoms with Crippen LogP contribution in [0.3, 0.4) is 0 Å². The molecule has 0 saturated carbocycles. The quantitative estimate of drug-likeness (QED) is 0.747. The minimum absolute atomic E-state index is 0.111. The molecule has 0 saturated heterocycles. The average molecular weight is 221 g/mol. The van der Waals surface area contributed by atoms with Crippen LogP contribution in [-0.4, -0.2) is 34.3 Å². The lowest BCUT2D eigenvalue weighted by molar-refractivity contribution is -0.114. The fraction of sp³-hybridized carbons (Fsp3) is 0.400. The monoisotopic (exact) mass is 221 g/mol. The molecule has 2 N–H and O–H groups in total. The maximum Gasteiger partial charge on any atom is 0.222 e. The highest BCUT2D eigenvalue weighted by molar-refractivity contribution is 5.91. The van der Waals surface area contributed by atoms with E-state index < -0.39 is 0 Å². The molecule has 0 aromatic carbocycles. The highest BCUT2D eigenvalue weighted by Gasteiger charge is 2.17. The summed E-state index contributed by atoms with van der Waals surface area (Å²) in [6.45, 7) is 2.22. The van der Waals surface area contributed by atoms with Crippen LogP contribution >= 0.6 is 0 Å². The van der Waals surface area contributed by atoms with Crippen LogP contribution in [-0.2, 0) is 11.8 Å². The number of amides is 1. The summed E-state index contributed by atoms with van der Waals surface area (Å²) in [6.07, 6.45) is 3.89. The van der Waals surface area contributed by atoms with Crippen LogP contribution in [0.25, 0.3) is 5.57 Å². The first-order chi connectivity index (χ1) is 7.56. The lowest BCUT2D eigenvalue weighted by Gasteiger charge is -2.04. The van der Waals surface area contributed by atoms with Crippen molar-refractivity contribution < 1.29 is 4.79 Å². The molecule has 6 nitrogen and oxygen atoms in total. The second kappa shape index (κ2) is 3.97. The van der Waals surface area contributed by atoms with Crippen LogP contribution < -0.4 is 10.7 Å². The molecule has 1 aliphatic rings. The first-order valence-corrected chi connectivity index (χ1v) is 5.05. The van der Waals surface area contributed by atoms with Crippen LogP contribution in [0.5, 0.6) is 0 Å². The van der Waals surface area contributed by atoms with Gasteiger partial charge in [-0.25, -0.2) is 5.43 Å². The van der Waals surface area contributed by atoms with Crippen LogP contribution in [0.1, 0.15) is 12.5 Å². The number of carbonyl (C=O) groups is 1. The van der Waals surface area contributed by atoms with E-state index in [0.717, 1.165) is 17.7 Å². The Morgan fingerprint density at radius 3 is 2.88 bits per heavy atom. The largest absolute Gasteiger partial charge is 0.318 e. The predicted octanol–water partition coefficient (Wildman–Crippen LogP) is 0.169. The second-order valence-electron chi connectivity index (χ2n) is 3.85. The molecule has 1 aromatic heterocycles. The third kappa shape index (κ3) is 2.06. The molecule has 1 amide bonds. The minimum Gasteiger partial charge on any atom is -0.318 e. The van der Waals surface area contributed by atoms with E-state index in [2.05, 4.69) is 15.8 Å². The number of aromatic nitrogens is 2. The van der Waals surface area contributed by atoms with Crippen molar-refractivity contribution in [2.75, 3.05) is 18.9 Å². The van der Waals surface area contributed by atoms with E-state index in [1.54, 1.807) is 4.68 Å². The molecule has 1 aromatic rings. The first-order valence-electron chi connectivity index (χ1n) is 5.05. The molecule has 0 radical (unpaired) electrons. The van der Waals surface area contributed by atoms with Gasteiger partial charge in [0, 0.05) is 45.5 Å². The molecule has 0 unspecified atom stereocenters. The summed E-state index contributed by atoms with van der Waals surface area (Å²) in [4.78, 5) is 11.0. The zero-order chi connectivity index (χ0) is 11.7. The van der Waals surface area contributed by atoms with E-state index in [1.807, 2.05) is 31.5 Å². The first kappa shape index (κ1) is 10.7. The molecule has 0 atom stereocenters. The van der Waals surface area contributed by atoms with E-state index in [1.165, 1.54) is 6.92 Å². The van der Waals surface area contributed by atoms with Gasteiger partial charge in [-0.2, -0.15) is 5.10 Å². The van der Waals surface area contributed by atoms with Crippen molar-refractivity contribution in [3.05, 3.63) is 18.0 Å². The summed E-state index contributed by atoms with van der Waals surface area (Å²) in [6, 6.07) is 0. The second-order valence-corrected chi connectivity index (χ2v) is 3.85. The smallest absolute Gasteiger partial charge is 0.222 e. The molecule has 86 valence electrons. The van der Waals surface area contributed by atoms with Crippen LogP contribution in [0.2, 0.25) is 0 Å². The number of aryl methyl sites for hydroxylation is 1. The van der Waals surface area contributed by atoms with Gasteiger partial charge in [-0.05, 0) is 5.57 Å². The number of hydrazine groups is 1. The Morgan fingerprint density at radius 1 is 1.56 bits per heavy atom. The van der Waals surface area contributed by atoms with Crippen LogP contribution in [0, 0.1) is 0 Å². The van der Waals surface area contributed by atoms with Crippen molar-refractivity contribution in [2.45, 2.75) is 6.92 Å². The normalized spacial score (nSPS) is 15.2. The Hall–Kier alpha value is -1.82. The molecule has 0 spiro atoms. The summed E-state index contributed by atoms with van der Waals surface area (Å²) in [5.41, 5.74) is 5.21. The van der Waals surface area contributed by atoms with Gasteiger partial charge in [-0.15, -0.1) is 0 Å². The maximum absolute atomic E-state index is 11.0. The lowest BCUT2D eigenvalue weighted by Crippen LogP contribution is -2.23. The third-order valence-electron chi connectivity index (χ3n) is 2.34. The molecular weight excluding hydrogens is 206 g/mol. The number of carbonyl (C=O) groups excluding carboxylic acids is 1. The fourth-order valence-corrected chi connectivity index (χ4v) is 1.68. The predicted molar refractivity (Wildman–Crippen MR) is 61.3 cm³/mol. The van der Waals surface area contributed by atoms with Crippen molar-refractivity contribution in [2.24, 2.45) is 7.05 Å². The molecule has 16 heavy (non-hydrogen) atoms. The van der Waals surface area contributed by atoms with Gasteiger partial charge in [0.05, 0.1) is 0 Å². The zero-order valence-electron chi connectivity index (χ0n) is 9.61. The Labute approximate surface area is 93.9 Å². The van der Waals surface area contributed by atoms with Crippen LogP contribution in [0.15, 0.2) is 12.4 Å². The van der Waals surface area contributed by atoms with Crippen molar-refractivity contribution in [1.82, 2.24) is 20.2 Å². The molecule has 6 heteroatoms. The molecule has 0 fully saturated rings. The number of nitrogens with zero attached hydrogens (tertiary/aromatic N) is 3. The van der Waals surface area contributed by atoms with Gasteiger partial charge in [-0.3, -0.25) is 9.48 Å². The SMILES string of the molecule is CC(=O)Nc1nn(C)cc1C1=CN(C)NC1. The molecule has 2 rings (SSSR count). The van der Waals surface area contributed by atoms with E-state index in [4.69, 9.17) is 0 Å². The molecule has 0 aliphatic carbocycles. The van der Waals surface area contributed by atoms with Crippen LogP contribution in [0.4, 0.5) is 5.82 Å². The number of anilines is 1.